The number of likely N-dealkylation sites (tertiary alicyclic amines) is 1. The lowest BCUT2D eigenvalue weighted by Crippen LogP contribution is -2.31. The van der Waals surface area contributed by atoms with Crippen LogP contribution in [0.1, 0.15) is 13.3 Å². The van der Waals surface area contributed by atoms with E-state index in [1.807, 2.05) is 54.6 Å². The fraction of sp³-hybridized carbons (Fsp3) is 0.240. The molecule has 1 atom stereocenters. The number of hydrogen-bond donors (Lipinski definition) is 0. The van der Waals surface area contributed by atoms with Gasteiger partial charge in [-0.2, -0.15) is 0 Å². The summed E-state index contributed by atoms with van der Waals surface area (Å²) < 4.78 is 22.7. The fourth-order valence-corrected chi connectivity index (χ4v) is 3.39. The van der Waals surface area contributed by atoms with Crippen molar-refractivity contribution in [3.8, 4) is 34.5 Å². The van der Waals surface area contributed by atoms with Gasteiger partial charge in [0.15, 0.2) is 11.5 Å². The van der Waals surface area contributed by atoms with Crippen LogP contribution in [-0.4, -0.2) is 31.2 Å². The first kappa shape index (κ1) is 20.6. The van der Waals surface area contributed by atoms with E-state index >= 15 is 0 Å². The summed E-state index contributed by atoms with van der Waals surface area (Å²) in [7, 11) is 1.57. The van der Waals surface area contributed by atoms with E-state index in [-0.39, 0.29) is 6.09 Å². The van der Waals surface area contributed by atoms with Gasteiger partial charge < -0.3 is 23.8 Å². The number of nitrogens with zero attached hydrogens (tertiary/aromatic N) is 1. The van der Waals surface area contributed by atoms with E-state index in [4.69, 9.17) is 18.9 Å². The topological polar surface area (TPSA) is 57.2 Å². The molecule has 6 nitrogen and oxygen atoms in total. The van der Waals surface area contributed by atoms with Crippen molar-refractivity contribution in [3.05, 3.63) is 72.8 Å². The van der Waals surface area contributed by atoms with Crippen LogP contribution in [-0.2, 0) is 0 Å². The van der Waals surface area contributed by atoms with Gasteiger partial charge in [0.1, 0.15) is 23.0 Å². The van der Waals surface area contributed by atoms with Gasteiger partial charge in [0.05, 0.1) is 7.11 Å². The summed E-state index contributed by atoms with van der Waals surface area (Å²) in [4.78, 5) is 14.1. The largest absolute Gasteiger partial charge is 0.493 e. The van der Waals surface area contributed by atoms with Gasteiger partial charge in [0.2, 0.25) is 0 Å². The van der Waals surface area contributed by atoms with E-state index < -0.39 is 0 Å². The van der Waals surface area contributed by atoms with Crippen molar-refractivity contribution in [2.45, 2.75) is 13.3 Å². The lowest BCUT2D eigenvalue weighted by Gasteiger charge is -2.17. The van der Waals surface area contributed by atoms with Crippen molar-refractivity contribution < 1.29 is 23.7 Å². The van der Waals surface area contributed by atoms with E-state index in [9.17, 15) is 4.79 Å². The molecule has 3 aromatic carbocycles. The second-order valence-electron chi connectivity index (χ2n) is 7.51. The summed E-state index contributed by atoms with van der Waals surface area (Å²) in [5.74, 6) is 3.97. The zero-order valence-corrected chi connectivity index (χ0v) is 17.6. The summed E-state index contributed by atoms with van der Waals surface area (Å²) in [5, 5.41) is 0. The molecule has 0 radical (unpaired) electrons. The van der Waals surface area contributed by atoms with Gasteiger partial charge in [0.25, 0.3) is 0 Å². The molecule has 31 heavy (non-hydrogen) atoms. The molecule has 1 unspecified atom stereocenters. The van der Waals surface area contributed by atoms with E-state index in [0.717, 1.165) is 25.3 Å². The molecule has 0 bridgehead atoms. The van der Waals surface area contributed by atoms with E-state index in [1.54, 1.807) is 30.2 Å². The number of methoxy groups -OCH3 is 1. The molecule has 4 rings (SSSR count). The average Bonchev–Trinajstić information content (AvgIpc) is 3.23. The lowest BCUT2D eigenvalue weighted by atomic mass is 10.2. The normalized spacial score (nSPS) is 15.4. The van der Waals surface area contributed by atoms with Gasteiger partial charge in [-0.1, -0.05) is 25.1 Å². The Bertz CT molecular complexity index is 1020. The number of rotatable bonds is 6. The molecule has 0 N–H and O–H groups in total. The second kappa shape index (κ2) is 9.43. The second-order valence-corrected chi connectivity index (χ2v) is 7.51. The Labute approximate surface area is 181 Å². The van der Waals surface area contributed by atoms with Crippen LogP contribution in [0.2, 0.25) is 0 Å². The molecule has 0 spiro atoms. The first-order chi connectivity index (χ1) is 15.1. The smallest absolute Gasteiger partial charge is 0.415 e. The summed E-state index contributed by atoms with van der Waals surface area (Å²) in [6.07, 6.45) is 0.652. The number of hydrogen-bond acceptors (Lipinski definition) is 5. The van der Waals surface area contributed by atoms with Crippen LogP contribution < -0.4 is 18.9 Å². The zero-order chi connectivity index (χ0) is 21.6. The van der Waals surface area contributed by atoms with Gasteiger partial charge in [-0.25, -0.2) is 4.79 Å². The summed E-state index contributed by atoms with van der Waals surface area (Å²) in [6.45, 7) is 3.56. The molecule has 1 saturated heterocycles. The molecule has 0 aliphatic carbocycles. The Balaban J connectivity index is 1.44. The van der Waals surface area contributed by atoms with Crippen molar-refractivity contribution in [3.63, 3.8) is 0 Å². The third-order valence-electron chi connectivity index (χ3n) is 5.05. The predicted molar refractivity (Wildman–Crippen MR) is 117 cm³/mol. The monoisotopic (exact) mass is 419 g/mol. The fourth-order valence-electron chi connectivity index (χ4n) is 3.39. The lowest BCUT2D eigenvalue weighted by molar-refractivity contribution is 0.161. The molecule has 1 fully saturated rings. The van der Waals surface area contributed by atoms with Crippen LogP contribution >= 0.6 is 0 Å². The molecule has 160 valence electrons. The van der Waals surface area contributed by atoms with Crippen molar-refractivity contribution in [1.29, 1.82) is 0 Å². The average molecular weight is 419 g/mol. The van der Waals surface area contributed by atoms with Crippen LogP contribution in [0.5, 0.6) is 34.5 Å². The Morgan fingerprint density at radius 3 is 2.13 bits per heavy atom. The first-order valence-electron chi connectivity index (χ1n) is 10.3. The van der Waals surface area contributed by atoms with E-state index in [2.05, 4.69) is 6.92 Å². The Kier molecular flexibility index (Phi) is 6.26. The van der Waals surface area contributed by atoms with Gasteiger partial charge in [0, 0.05) is 19.2 Å². The molecule has 6 heteroatoms. The minimum absolute atomic E-state index is 0.345. The minimum Gasteiger partial charge on any atom is -0.493 e. The molecule has 1 amide bonds. The van der Waals surface area contributed by atoms with Crippen molar-refractivity contribution >= 4 is 6.09 Å². The molecular weight excluding hydrogens is 394 g/mol. The highest BCUT2D eigenvalue weighted by Crippen LogP contribution is 2.36. The number of amides is 1. The van der Waals surface area contributed by atoms with E-state index in [1.165, 1.54) is 0 Å². The summed E-state index contributed by atoms with van der Waals surface area (Å²) in [5.41, 5.74) is 0. The number of benzene rings is 3. The molecule has 1 heterocycles. The van der Waals surface area contributed by atoms with Crippen LogP contribution in [0.3, 0.4) is 0 Å². The number of para-hydroxylation sites is 1. The van der Waals surface area contributed by atoms with E-state index in [0.29, 0.717) is 34.7 Å². The van der Waals surface area contributed by atoms with Crippen LogP contribution in [0, 0.1) is 5.92 Å². The van der Waals surface area contributed by atoms with Gasteiger partial charge in [-0.3, -0.25) is 0 Å². The SMILES string of the molecule is COc1ccc(OC(=O)N2CCC(C)C2)cc1Oc1ccc(Oc2ccccc2)cc1. The molecule has 3 aromatic rings. The highest BCUT2D eigenvalue weighted by molar-refractivity contribution is 5.71. The first-order valence-corrected chi connectivity index (χ1v) is 10.3. The molecule has 1 aliphatic rings. The van der Waals surface area contributed by atoms with Crippen molar-refractivity contribution in [2.75, 3.05) is 20.2 Å². The van der Waals surface area contributed by atoms with Crippen LogP contribution in [0.4, 0.5) is 4.79 Å². The molecule has 0 aromatic heterocycles. The van der Waals surface area contributed by atoms with Gasteiger partial charge in [-0.15, -0.1) is 0 Å². The van der Waals surface area contributed by atoms with Crippen molar-refractivity contribution in [2.24, 2.45) is 5.92 Å². The Morgan fingerprint density at radius 2 is 1.48 bits per heavy atom. The van der Waals surface area contributed by atoms with Crippen LogP contribution in [0.25, 0.3) is 0 Å². The standard InChI is InChI=1S/C25H25NO5/c1-18-14-15-26(17-18)25(27)31-22-12-13-23(28-2)24(16-22)30-21-10-8-20(9-11-21)29-19-6-4-3-5-7-19/h3-13,16,18H,14-15,17H2,1-2H3. The van der Waals surface area contributed by atoms with Gasteiger partial charge >= 0.3 is 6.09 Å². The maximum atomic E-state index is 12.4. The maximum Gasteiger partial charge on any atom is 0.415 e. The number of carbonyl (C=O) groups excluding carboxylic acids is 1. The number of ether oxygens (including phenoxy) is 4. The van der Waals surface area contributed by atoms with Crippen LogP contribution in [0.15, 0.2) is 72.8 Å². The Morgan fingerprint density at radius 1 is 0.839 bits per heavy atom. The minimum atomic E-state index is -0.345. The number of carbonyl (C=O) groups is 1. The summed E-state index contributed by atoms with van der Waals surface area (Å²) >= 11 is 0. The molecule has 1 aliphatic heterocycles. The Hall–Kier alpha value is -3.67. The zero-order valence-electron chi connectivity index (χ0n) is 17.6. The quantitative estimate of drug-likeness (QED) is 0.482. The third-order valence-corrected chi connectivity index (χ3v) is 5.05. The highest BCUT2D eigenvalue weighted by Gasteiger charge is 2.25. The van der Waals surface area contributed by atoms with Crippen molar-refractivity contribution in [1.82, 2.24) is 4.90 Å². The predicted octanol–water partition coefficient (Wildman–Crippen LogP) is 6.12. The summed E-state index contributed by atoms with van der Waals surface area (Å²) in [6, 6.07) is 21.9. The molecular formula is C25H25NO5. The maximum absolute atomic E-state index is 12.4. The van der Waals surface area contributed by atoms with Gasteiger partial charge in [-0.05, 0) is 60.9 Å². The highest BCUT2D eigenvalue weighted by atomic mass is 16.6. The molecule has 0 saturated carbocycles. The third kappa shape index (κ3) is 5.28.